The Morgan fingerprint density at radius 3 is 2.44 bits per heavy atom. The fourth-order valence-electron chi connectivity index (χ4n) is 10.4. The fourth-order valence-corrected chi connectivity index (χ4v) is 10.4. The van der Waals surface area contributed by atoms with Crippen molar-refractivity contribution >= 4 is 0 Å². The lowest BCUT2D eigenvalue weighted by Crippen LogP contribution is -2.59. The molecule has 5 nitrogen and oxygen atoms in total. The Morgan fingerprint density at radius 2 is 1.74 bits per heavy atom. The molecule has 222 valence electrons. The van der Waals surface area contributed by atoms with E-state index in [4.69, 9.17) is 4.74 Å². The van der Waals surface area contributed by atoms with Gasteiger partial charge in [0.05, 0.1) is 18.3 Å². The first kappa shape index (κ1) is 29.8. The molecule has 0 spiro atoms. The van der Waals surface area contributed by atoms with Crippen LogP contribution in [0, 0.1) is 52.3 Å². The molecule has 0 radical (unpaired) electrons. The highest BCUT2D eigenvalue weighted by Gasteiger charge is 2.62. The maximum absolute atomic E-state index is 11.5. The van der Waals surface area contributed by atoms with Gasteiger partial charge in [0.1, 0.15) is 18.3 Å². The molecule has 14 atom stereocenters. The number of hydrogen-bond donors (Lipinski definition) is 4. The van der Waals surface area contributed by atoms with Gasteiger partial charge >= 0.3 is 0 Å². The van der Waals surface area contributed by atoms with Crippen LogP contribution in [0.3, 0.4) is 0 Å². The summed E-state index contributed by atoms with van der Waals surface area (Å²) in [5.41, 5.74) is 3.21. The highest BCUT2D eigenvalue weighted by atomic mass is 16.5. The van der Waals surface area contributed by atoms with Crippen LogP contribution in [0.15, 0.2) is 23.8 Å². The average Bonchev–Trinajstić information content (AvgIpc) is 3.17. The van der Waals surface area contributed by atoms with Gasteiger partial charge in [0.15, 0.2) is 0 Å². The molecule has 4 fully saturated rings. The van der Waals surface area contributed by atoms with Crippen LogP contribution in [0.2, 0.25) is 0 Å². The van der Waals surface area contributed by atoms with E-state index in [1.165, 1.54) is 24.0 Å². The quantitative estimate of drug-likeness (QED) is 0.325. The monoisotopic (exact) mass is 544 g/mol. The summed E-state index contributed by atoms with van der Waals surface area (Å²) in [5, 5.41) is 42.8. The summed E-state index contributed by atoms with van der Waals surface area (Å²) in [5.74, 6) is 3.39. The van der Waals surface area contributed by atoms with E-state index >= 15 is 0 Å². The van der Waals surface area contributed by atoms with Crippen LogP contribution >= 0.6 is 0 Å². The van der Waals surface area contributed by atoms with Gasteiger partial charge in [0.25, 0.3) is 0 Å². The summed E-state index contributed by atoms with van der Waals surface area (Å²) in [6.07, 6.45) is 7.76. The molecule has 4 N–H and O–H groups in total. The molecule has 5 aliphatic rings. The van der Waals surface area contributed by atoms with Gasteiger partial charge < -0.3 is 25.2 Å². The Hall–Kier alpha value is -0.720. The molecule has 0 unspecified atom stereocenters. The van der Waals surface area contributed by atoms with Gasteiger partial charge in [-0.3, -0.25) is 0 Å². The summed E-state index contributed by atoms with van der Waals surface area (Å²) in [4.78, 5) is 0. The van der Waals surface area contributed by atoms with Crippen molar-refractivity contribution in [2.45, 2.75) is 136 Å². The fraction of sp³-hybridized carbons (Fsp3) is 0.882. The second-order valence-corrected chi connectivity index (χ2v) is 15.2. The predicted octanol–water partition coefficient (Wildman–Crippen LogP) is 5.65. The van der Waals surface area contributed by atoms with Crippen molar-refractivity contribution in [2.75, 3.05) is 0 Å². The number of aliphatic hydroxyl groups excluding tert-OH is 4. The van der Waals surface area contributed by atoms with Crippen molar-refractivity contribution in [3.8, 4) is 0 Å². The first-order valence-corrected chi connectivity index (χ1v) is 16.0. The number of allylic oxidation sites excluding steroid dienone is 3. The summed E-state index contributed by atoms with van der Waals surface area (Å²) in [6.45, 7) is 17.9. The maximum atomic E-state index is 11.5. The third-order valence-electron chi connectivity index (χ3n) is 13.0. The van der Waals surface area contributed by atoms with Crippen molar-refractivity contribution < 1.29 is 25.2 Å². The van der Waals surface area contributed by atoms with Gasteiger partial charge in [-0.1, -0.05) is 58.4 Å². The third-order valence-corrected chi connectivity index (χ3v) is 13.0. The van der Waals surface area contributed by atoms with E-state index in [1.54, 1.807) is 6.92 Å². The Balaban J connectivity index is 1.31. The van der Waals surface area contributed by atoms with Gasteiger partial charge in [-0.25, -0.2) is 0 Å². The Labute approximate surface area is 237 Å². The molecule has 1 saturated heterocycles. The van der Waals surface area contributed by atoms with Gasteiger partial charge in [-0.05, 0) is 117 Å². The van der Waals surface area contributed by atoms with Crippen LogP contribution in [0.1, 0.15) is 99.3 Å². The molecule has 4 aliphatic carbocycles. The zero-order chi connectivity index (χ0) is 28.4. The molecule has 1 aliphatic heterocycles. The Morgan fingerprint density at radius 1 is 1.03 bits per heavy atom. The van der Waals surface area contributed by atoms with Crippen molar-refractivity contribution in [1.82, 2.24) is 0 Å². The third kappa shape index (κ3) is 4.90. The second kappa shape index (κ2) is 10.8. The average molecular weight is 545 g/mol. The topological polar surface area (TPSA) is 90.2 Å². The molecule has 0 bridgehead atoms. The van der Waals surface area contributed by atoms with Gasteiger partial charge in [0, 0.05) is 0 Å². The predicted molar refractivity (Wildman–Crippen MR) is 155 cm³/mol. The number of aliphatic hydroxyl groups is 4. The molecule has 3 saturated carbocycles. The Kier molecular flexibility index (Phi) is 8.27. The van der Waals surface area contributed by atoms with E-state index in [0.717, 1.165) is 44.9 Å². The van der Waals surface area contributed by atoms with Crippen molar-refractivity contribution in [1.29, 1.82) is 0 Å². The summed E-state index contributed by atoms with van der Waals surface area (Å²) < 4.78 is 6.08. The molecule has 0 aromatic heterocycles. The van der Waals surface area contributed by atoms with Crippen LogP contribution < -0.4 is 0 Å². The molecule has 0 aromatic rings. The van der Waals surface area contributed by atoms with Gasteiger partial charge in [-0.15, -0.1) is 0 Å². The zero-order valence-electron chi connectivity index (χ0n) is 25.4. The normalized spacial score (nSPS) is 50.5. The van der Waals surface area contributed by atoms with Gasteiger partial charge in [-0.2, -0.15) is 0 Å². The van der Waals surface area contributed by atoms with Crippen molar-refractivity contribution in [3.05, 3.63) is 23.8 Å². The highest BCUT2D eigenvalue weighted by molar-refractivity contribution is 5.26. The minimum atomic E-state index is -1.15. The molecule has 5 heteroatoms. The van der Waals surface area contributed by atoms with E-state index in [0.29, 0.717) is 35.5 Å². The minimum absolute atomic E-state index is 0.160. The van der Waals surface area contributed by atoms with E-state index in [9.17, 15) is 20.4 Å². The van der Waals surface area contributed by atoms with Crippen molar-refractivity contribution in [3.63, 3.8) is 0 Å². The SMILES string of the molecule is C=C(CC[C@@H](C)[C@H]1[C@@H](O)C[C@H]2[C@@H]3CC=C4C[C@@H]([C@@H]5O[C@@H](C)[C@@H](O)[C@@H](O)[C@@H]5O)CC[C@]4(C)[C@H]3CC[C@]12C)C(C)C. The number of hydrogen-bond acceptors (Lipinski definition) is 5. The van der Waals surface area contributed by atoms with Gasteiger partial charge in [0.2, 0.25) is 0 Å². The van der Waals surface area contributed by atoms with Crippen LogP contribution in [-0.4, -0.2) is 57.0 Å². The van der Waals surface area contributed by atoms with Crippen LogP contribution in [0.25, 0.3) is 0 Å². The molecular weight excluding hydrogens is 488 g/mol. The van der Waals surface area contributed by atoms with Crippen molar-refractivity contribution in [2.24, 2.45) is 52.3 Å². The highest BCUT2D eigenvalue weighted by Crippen LogP contribution is 2.67. The van der Waals surface area contributed by atoms with Crippen LogP contribution in [0.5, 0.6) is 0 Å². The summed E-state index contributed by atoms with van der Waals surface area (Å²) >= 11 is 0. The van der Waals surface area contributed by atoms with Crippen LogP contribution in [-0.2, 0) is 4.74 Å². The summed E-state index contributed by atoms with van der Waals surface area (Å²) in [6, 6.07) is 0. The smallest absolute Gasteiger partial charge is 0.111 e. The van der Waals surface area contributed by atoms with E-state index < -0.39 is 30.5 Å². The minimum Gasteiger partial charge on any atom is -0.393 e. The molecule has 0 aromatic carbocycles. The lowest BCUT2D eigenvalue weighted by atomic mass is 9.46. The molecular formula is C34H56O5. The Bertz CT molecular complexity index is 944. The van der Waals surface area contributed by atoms with Crippen LogP contribution in [0.4, 0.5) is 0 Å². The van der Waals surface area contributed by atoms with E-state index in [2.05, 4.69) is 47.3 Å². The summed E-state index contributed by atoms with van der Waals surface area (Å²) in [7, 11) is 0. The molecule has 1 heterocycles. The molecule has 0 amide bonds. The standard InChI is InChI=1S/C34H56O5/c1-18(2)19(3)8-9-20(4)28-27(35)17-26-24-11-10-23-16-22(32-31(38)30(37)29(36)21(5)39-32)12-14-33(23,6)25(24)13-15-34(26,28)7/h10,18,20-22,24-32,35-38H,3,8-9,11-17H2,1-2,4-7H3/t20-,21+,22+,24-,25+,26+,27+,28+,29-,30-,31+,32+,33+,34+/m1/s1. The first-order chi connectivity index (χ1) is 18.3. The largest absolute Gasteiger partial charge is 0.393 e. The number of rotatable bonds is 6. The molecule has 5 rings (SSSR count). The zero-order valence-corrected chi connectivity index (χ0v) is 25.4. The van der Waals surface area contributed by atoms with E-state index in [-0.39, 0.29) is 22.9 Å². The first-order valence-electron chi connectivity index (χ1n) is 16.0. The van der Waals surface area contributed by atoms with E-state index in [1.807, 2.05) is 0 Å². The maximum Gasteiger partial charge on any atom is 0.111 e. The molecule has 39 heavy (non-hydrogen) atoms. The number of ether oxygens (including phenoxy) is 1. The lowest BCUT2D eigenvalue weighted by Gasteiger charge is -2.59. The number of fused-ring (bicyclic) bond motifs is 5. The lowest BCUT2D eigenvalue weighted by molar-refractivity contribution is -0.232. The second-order valence-electron chi connectivity index (χ2n) is 15.2.